The molecule has 58 valence electrons. The molecule has 0 aliphatic rings. The monoisotopic (exact) mass is 175 g/mol. The topological polar surface area (TPSA) is 12.4 Å². The largest absolute Gasteiger partial charge is 0.233 e. The molecule has 10 heavy (non-hydrogen) atoms. The van der Waals surface area contributed by atoms with Gasteiger partial charge >= 0.3 is 0 Å². The maximum atomic E-state index is 4.43. The lowest BCUT2D eigenvalue weighted by Crippen LogP contribution is -1.84. The van der Waals surface area contributed by atoms with Gasteiger partial charge in [0.1, 0.15) is 0 Å². The average Bonchev–Trinajstić information content (AvgIpc) is 1.87. The zero-order chi connectivity index (χ0) is 7.82. The van der Waals surface area contributed by atoms with Crippen LogP contribution in [0.2, 0.25) is 0 Å². The predicted octanol–water partition coefficient (Wildman–Crippen LogP) is 2.20. The number of aliphatic imine (C=N–C) groups is 1. The summed E-state index contributed by atoms with van der Waals surface area (Å²) in [4.78, 5) is 3.82. The normalized spacial score (nSPS) is 12.1. The first-order chi connectivity index (χ1) is 4.77. The summed E-state index contributed by atoms with van der Waals surface area (Å²) in [5, 5.41) is 2.35. The lowest BCUT2D eigenvalue weighted by Gasteiger charge is -1.96. The Morgan fingerprint density at radius 1 is 1.60 bits per heavy atom. The standard InChI is InChI=1S/C7H13NS2/c1-10(2)6-4-3-5-8-7-9/h1,3-6H2,2H3. The maximum absolute atomic E-state index is 4.43. The number of isothiocyanates is 1. The Hall–Kier alpha value is 0.0200. The molecule has 0 aromatic carbocycles. The van der Waals surface area contributed by atoms with Gasteiger partial charge < -0.3 is 0 Å². The van der Waals surface area contributed by atoms with Crippen molar-refractivity contribution in [2.45, 2.75) is 12.8 Å². The molecule has 0 radical (unpaired) electrons. The van der Waals surface area contributed by atoms with Crippen LogP contribution in [0.1, 0.15) is 12.8 Å². The van der Waals surface area contributed by atoms with Crippen molar-refractivity contribution >= 4 is 33.7 Å². The molecule has 0 N–H and O–H groups in total. The first-order valence-corrected chi connectivity index (χ1v) is 5.61. The van der Waals surface area contributed by atoms with E-state index in [1.165, 1.54) is 12.2 Å². The van der Waals surface area contributed by atoms with E-state index in [0.717, 1.165) is 13.0 Å². The molecule has 0 heterocycles. The summed E-state index contributed by atoms with van der Waals surface area (Å²) in [6.07, 6.45) is 4.49. The van der Waals surface area contributed by atoms with Gasteiger partial charge in [0.05, 0.1) is 5.16 Å². The summed E-state index contributed by atoms with van der Waals surface area (Å²) in [6, 6.07) is 0. The van der Waals surface area contributed by atoms with Crippen LogP contribution in [0, 0.1) is 0 Å². The van der Waals surface area contributed by atoms with Gasteiger partial charge in [0.15, 0.2) is 0 Å². The van der Waals surface area contributed by atoms with Crippen molar-refractivity contribution in [1.29, 1.82) is 0 Å². The Morgan fingerprint density at radius 3 is 2.80 bits per heavy atom. The number of rotatable bonds is 5. The highest BCUT2D eigenvalue weighted by atomic mass is 32.2. The van der Waals surface area contributed by atoms with Crippen LogP contribution in [-0.2, 0) is 0 Å². The number of nitrogens with zero attached hydrogens (tertiary/aromatic N) is 1. The Morgan fingerprint density at radius 2 is 2.30 bits per heavy atom. The zero-order valence-electron chi connectivity index (χ0n) is 6.30. The molecule has 0 aliphatic heterocycles. The van der Waals surface area contributed by atoms with Gasteiger partial charge in [-0.05, 0) is 37.1 Å². The molecule has 0 saturated heterocycles. The average molecular weight is 175 g/mol. The molecule has 0 saturated carbocycles. The highest BCUT2D eigenvalue weighted by molar-refractivity contribution is 8.13. The van der Waals surface area contributed by atoms with E-state index >= 15 is 0 Å². The lowest BCUT2D eigenvalue weighted by molar-refractivity contribution is 0.819. The second-order valence-corrected chi connectivity index (χ2v) is 4.32. The van der Waals surface area contributed by atoms with Crippen LogP contribution < -0.4 is 0 Å². The quantitative estimate of drug-likeness (QED) is 0.354. The fraction of sp³-hybridized carbons (Fsp3) is 0.714. The first-order valence-electron chi connectivity index (χ1n) is 3.23. The van der Waals surface area contributed by atoms with E-state index in [1.54, 1.807) is 0 Å². The predicted molar refractivity (Wildman–Crippen MR) is 54.6 cm³/mol. The van der Waals surface area contributed by atoms with E-state index in [1.807, 2.05) is 0 Å². The van der Waals surface area contributed by atoms with E-state index in [0.29, 0.717) is 10.5 Å². The van der Waals surface area contributed by atoms with Crippen LogP contribution in [0.4, 0.5) is 0 Å². The SMILES string of the molecule is C=S(C)CCCCN=C=S. The van der Waals surface area contributed by atoms with Gasteiger partial charge in [-0.2, -0.15) is 10.5 Å². The fourth-order valence-corrected chi connectivity index (χ4v) is 1.37. The van der Waals surface area contributed by atoms with E-state index in [9.17, 15) is 0 Å². The van der Waals surface area contributed by atoms with Gasteiger partial charge in [0.25, 0.3) is 0 Å². The Balaban J connectivity index is 3.05. The Bertz CT molecular complexity index is 144. The van der Waals surface area contributed by atoms with Crippen LogP contribution in [0.5, 0.6) is 0 Å². The highest BCUT2D eigenvalue weighted by Crippen LogP contribution is 2.05. The minimum atomic E-state index is 0.341. The van der Waals surface area contributed by atoms with Gasteiger partial charge in [-0.25, -0.2) is 4.99 Å². The van der Waals surface area contributed by atoms with Crippen LogP contribution >= 0.6 is 22.7 Å². The summed E-state index contributed by atoms with van der Waals surface area (Å²) < 4.78 is 0. The van der Waals surface area contributed by atoms with Crippen molar-refractivity contribution in [1.82, 2.24) is 0 Å². The lowest BCUT2D eigenvalue weighted by atomic mass is 10.3. The van der Waals surface area contributed by atoms with Crippen LogP contribution in [-0.4, -0.2) is 29.6 Å². The van der Waals surface area contributed by atoms with Gasteiger partial charge in [0.2, 0.25) is 0 Å². The summed E-state index contributed by atoms with van der Waals surface area (Å²) in [5.74, 6) is 5.13. The van der Waals surface area contributed by atoms with Crippen molar-refractivity contribution in [3.05, 3.63) is 0 Å². The van der Waals surface area contributed by atoms with E-state index < -0.39 is 0 Å². The van der Waals surface area contributed by atoms with Gasteiger partial charge in [-0.3, -0.25) is 0 Å². The van der Waals surface area contributed by atoms with E-state index in [-0.39, 0.29) is 0 Å². The van der Waals surface area contributed by atoms with Gasteiger partial charge in [0, 0.05) is 6.54 Å². The third-order valence-electron chi connectivity index (χ3n) is 1.08. The van der Waals surface area contributed by atoms with Crippen molar-refractivity contribution in [3.8, 4) is 0 Å². The zero-order valence-corrected chi connectivity index (χ0v) is 7.93. The second-order valence-electron chi connectivity index (χ2n) is 2.17. The first kappa shape index (κ1) is 10.0. The van der Waals surface area contributed by atoms with Crippen molar-refractivity contribution in [3.63, 3.8) is 0 Å². The van der Waals surface area contributed by atoms with E-state index in [4.69, 9.17) is 0 Å². The molecule has 0 aliphatic carbocycles. The summed E-state index contributed by atoms with van der Waals surface area (Å²) in [7, 11) is 0.341. The molecule has 0 bridgehead atoms. The number of hydrogen-bond donors (Lipinski definition) is 0. The molecule has 0 amide bonds. The fourth-order valence-electron chi connectivity index (χ4n) is 0.585. The minimum Gasteiger partial charge on any atom is -0.233 e. The molecule has 0 aromatic rings. The third kappa shape index (κ3) is 8.02. The number of unbranched alkanes of at least 4 members (excludes halogenated alkanes) is 1. The van der Waals surface area contributed by atoms with Crippen LogP contribution in [0.25, 0.3) is 0 Å². The van der Waals surface area contributed by atoms with Gasteiger partial charge in [-0.15, -0.1) is 0 Å². The summed E-state index contributed by atoms with van der Waals surface area (Å²) in [6.45, 7) is 0.834. The molecule has 0 aromatic heterocycles. The highest BCUT2D eigenvalue weighted by Gasteiger charge is 1.85. The molecule has 0 rings (SSSR count). The molecule has 1 nitrogen and oxygen atoms in total. The molecular weight excluding hydrogens is 162 g/mol. The van der Waals surface area contributed by atoms with Crippen molar-refractivity contribution < 1.29 is 0 Å². The van der Waals surface area contributed by atoms with Crippen LogP contribution in [0.15, 0.2) is 4.99 Å². The molecule has 1 unspecified atom stereocenters. The van der Waals surface area contributed by atoms with Crippen LogP contribution in [0.3, 0.4) is 0 Å². The molecule has 0 spiro atoms. The third-order valence-corrected chi connectivity index (χ3v) is 2.19. The summed E-state index contributed by atoms with van der Waals surface area (Å²) in [5.41, 5.74) is 0. The number of thiocarbonyl (C=S) groups is 1. The maximum Gasteiger partial charge on any atom is 0.0584 e. The van der Waals surface area contributed by atoms with E-state index in [2.05, 4.69) is 34.5 Å². The van der Waals surface area contributed by atoms with Crippen molar-refractivity contribution in [2.24, 2.45) is 4.99 Å². The number of hydrogen-bond acceptors (Lipinski definition) is 2. The molecule has 0 fully saturated rings. The molecular formula is C7H13NS2. The Kier molecular flexibility index (Phi) is 7.15. The summed E-state index contributed by atoms with van der Waals surface area (Å²) >= 11 is 4.43. The van der Waals surface area contributed by atoms with Gasteiger partial charge in [-0.1, -0.05) is 5.87 Å². The molecule has 3 heteroatoms. The Labute approximate surface area is 70.5 Å². The van der Waals surface area contributed by atoms with Crippen molar-refractivity contribution in [2.75, 3.05) is 18.6 Å². The minimum absolute atomic E-state index is 0.341. The second kappa shape index (κ2) is 7.13. The smallest absolute Gasteiger partial charge is 0.0584 e. The molecule has 1 atom stereocenters.